The smallest absolute Gasteiger partial charge is 0.236 e. The number of nitrogens with one attached hydrogen (secondary N) is 1. The van der Waals surface area contributed by atoms with Gasteiger partial charge in [0.15, 0.2) is 0 Å². The maximum Gasteiger partial charge on any atom is 0.236 e. The lowest BCUT2D eigenvalue weighted by Gasteiger charge is -2.10. The van der Waals surface area contributed by atoms with Gasteiger partial charge in [0.05, 0.1) is 17.2 Å². The molecule has 1 N–H and O–H groups in total. The lowest BCUT2D eigenvalue weighted by atomic mass is 10.3. The van der Waals surface area contributed by atoms with Crippen LogP contribution in [0.25, 0.3) is 10.8 Å². The van der Waals surface area contributed by atoms with Crippen molar-refractivity contribution in [2.45, 2.75) is 19.5 Å². The molecule has 2 aromatic heterocycles. The third kappa shape index (κ3) is 3.39. The van der Waals surface area contributed by atoms with Gasteiger partial charge in [-0.2, -0.15) is 0 Å². The Bertz CT molecular complexity index is 439. The van der Waals surface area contributed by atoms with Crippen molar-refractivity contribution in [2.75, 3.05) is 13.7 Å². The van der Waals surface area contributed by atoms with Gasteiger partial charge < -0.3 is 14.5 Å². The van der Waals surface area contributed by atoms with E-state index in [2.05, 4.69) is 17.2 Å². The second-order valence-corrected chi connectivity index (χ2v) is 4.81. The predicted octanol–water partition coefficient (Wildman–Crippen LogP) is 2.53. The van der Waals surface area contributed by atoms with Crippen LogP contribution in [-0.2, 0) is 11.3 Å². The summed E-state index contributed by atoms with van der Waals surface area (Å²) in [5.41, 5.74) is 0.913. The van der Waals surface area contributed by atoms with Crippen LogP contribution in [-0.4, -0.2) is 24.7 Å². The van der Waals surface area contributed by atoms with Crippen LogP contribution in [0.15, 0.2) is 28.2 Å². The Kier molecular flexibility index (Phi) is 4.30. The van der Waals surface area contributed by atoms with Crippen LogP contribution in [0.1, 0.15) is 12.6 Å². The molecule has 2 aromatic rings. The van der Waals surface area contributed by atoms with E-state index in [-0.39, 0.29) is 0 Å². The molecule has 92 valence electrons. The Labute approximate surface area is 105 Å². The fourth-order valence-electron chi connectivity index (χ4n) is 1.49. The molecule has 0 aliphatic carbocycles. The second kappa shape index (κ2) is 5.95. The maximum atomic E-state index is 5.43. The predicted molar refractivity (Wildman–Crippen MR) is 68.0 cm³/mol. The minimum absolute atomic E-state index is 0.307. The zero-order valence-electron chi connectivity index (χ0n) is 9.97. The largest absolute Gasteiger partial charge is 0.444 e. The highest BCUT2D eigenvalue weighted by Crippen LogP contribution is 2.23. The van der Waals surface area contributed by atoms with E-state index in [0.717, 1.165) is 10.6 Å². The number of nitrogens with zero attached hydrogens (tertiary/aromatic N) is 1. The van der Waals surface area contributed by atoms with E-state index in [4.69, 9.17) is 9.15 Å². The molecular formula is C12H16N2O2S. The van der Waals surface area contributed by atoms with Crippen molar-refractivity contribution in [2.24, 2.45) is 0 Å². The molecule has 1 unspecified atom stereocenters. The number of hydrogen-bond acceptors (Lipinski definition) is 5. The SMILES string of the molecule is COCC(C)NCc1coc(-c2cccs2)n1. The Morgan fingerprint density at radius 3 is 3.18 bits per heavy atom. The van der Waals surface area contributed by atoms with Crippen molar-refractivity contribution in [3.05, 3.63) is 29.5 Å². The van der Waals surface area contributed by atoms with Crippen molar-refractivity contribution >= 4 is 11.3 Å². The molecule has 0 fully saturated rings. The van der Waals surface area contributed by atoms with E-state index in [9.17, 15) is 0 Å². The van der Waals surface area contributed by atoms with Crippen LogP contribution >= 0.6 is 11.3 Å². The Morgan fingerprint density at radius 1 is 1.59 bits per heavy atom. The monoisotopic (exact) mass is 252 g/mol. The van der Waals surface area contributed by atoms with Gasteiger partial charge in [-0.15, -0.1) is 11.3 Å². The number of methoxy groups -OCH3 is 1. The van der Waals surface area contributed by atoms with E-state index in [0.29, 0.717) is 25.1 Å². The summed E-state index contributed by atoms with van der Waals surface area (Å²) in [6.07, 6.45) is 1.70. The van der Waals surface area contributed by atoms with Gasteiger partial charge in [-0.1, -0.05) is 6.07 Å². The molecule has 2 rings (SSSR count). The van der Waals surface area contributed by atoms with Gasteiger partial charge in [-0.05, 0) is 18.4 Å². The number of aromatic nitrogens is 1. The van der Waals surface area contributed by atoms with Crippen LogP contribution in [0.4, 0.5) is 0 Å². The number of ether oxygens (including phenoxy) is 1. The summed E-state index contributed by atoms with van der Waals surface area (Å²) in [6, 6.07) is 4.30. The van der Waals surface area contributed by atoms with E-state index in [1.807, 2.05) is 17.5 Å². The first-order valence-corrected chi connectivity index (χ1v) is 6.38. The Balaban J connectivity index is 1.91. The van der Waals surface area contributed by atoms with Crippen molar-refractivity contribution in [1.82, 2.24) is 10.3 Å². The van der Waals surface area contributed by atoms with Gasteiger partial charge in [-0.3, -0.25) is 0 Å². The molecule has 0 aliphatic heterocycles. The molecule has 4 nitrogen and oxygen atoms in total. The topological polar surface area (TPSA) is 47.3 Å². The third-order valence-electron chi connectivity index (χ3n) is 2.33. The van der Waals surface area contributed by atoms with Gasteiger partial charge in [0.2, 0.25) is 5.89 Å². The molecule has 0 saturated carbocycles. The number of rotatable bonds is 6. The molecule has 0 saturated heterocycles. The molecule has 0 aromatic carbocycles. The van der Waals surface area contributed by atoms with E-state index in [1.54, 1.807) is 24.7 Å². The molecule has 0 amide bonds. The van der Waals surface area contributed by atoms with Crippen molar-refractivity contribution in [3.63, 3.8) is 0 Å². The van der Waals surface area contributed by atoms with Gasteiger partial charge in [0, 0.05) is 19.7 Å². The highest BCUT2D eigenvalue weighted by atomic mass is 32.1. The lowest BCUT2D eigenvalue weighted by molar-refractivity contribution is 0.171. The minimum atomic E-state index is 0.307. The Morgan fingerprint density at radius 2 is 2.47 bits per heavy atom. The second-order valence-electron chi connectivity index (χ2n) is 3.86. The summed E-state index contributed by atoms with van der Waals surface area (Å²) in [7, 11) is 1.70. The molecule has 2 heterocycles. The molecule has 0 radical (unpaired) electrons. The molecule has 17 heavy (non-hydrogen) atoms. The van der Waals surface area contributed by atoms with Crippen LogP contribution in [0.2, 0.25) is 0 Å². The van der Waals surface area contributed by atoms with Gasteiger partial charge in [0.25, 0.3) is 0 Å². The maximum absolute atomic E-state index is 5.43. The van der Waals surface area contributed by atoms with E-state index in [1.165, 1.54) is 0 Å². The molecule has 0 aliphatic rings. The highest BCUT2D eigenvalue weighted by molar-refractivity contribution is 7.13. The first-order valence-electron chi connectivity index (χ1n) is 5.50. The minimum Gasteiger partial charge on any atom is -0.444 e. The average Bonchev–Trinajstić information content (AvgIpc) is 2.97. The molecular weight excluding hydrogens is 236 g/mol. The van der Waals surface area contributed by atoms with Crippen LogP contribution in [0.3, 0.4) is 0 Å². The first kappa shape index (κ1) is 12.3. The third-order valence-corrected chi connectivity index (χ3v) is 3.19. The normalized spacial score (nSPS) is 12.8. The van der Waals surface area contributed by atoms with E-state index >= 15 is 0 Å². The van der Waals surface area contributed by atoms with E-state index < -0.39 is 0 Å². The quantitative estimate of drug-likeness (QED) is 0.858. The summed E-state index contributed by atoms with van der Waals surface area (Å²) >= 11 is 1.63. The number of thiophene rings is 1. The zero-order valence-corrected chi connectivity index (χ0v) is 10.8. The highest BCUT2D eigenvalue weighted by Gasteiger charge is 2.08. The summed E-state index contributed by atoms with van der Waals surface area (Å²) in [6.45, 7) is 3.46. The lowest BCUT2D eigenvalue weighted by Crippen LogP contribution is -2.29. The Hall–Kier alpha value is -1.17. The van der Waals surface area contributed by atoms with Crippen molar-refractivity contribution in [3.8, 4) is 10.8 Å². The summed E-state index contributed by atoms with van der Waals surface area (Å²) < 4.78 is 10.5. The first-order chi connectivity index (χ1) is 8.29. The molecule has 0 bridgehead atoms. The number of oxazole rings is 1. The van der Waals surface area contributed by atoms with Crippen LogP contribution < -0.4 is 5.32 Å². The summed E-state index contributed by atoms with van der Waals surface area (Å²) in [5.74, 6) is 0.691. The van der Waals surface area contributed by atoms with Crippen molar-refractivity contribution < 1.29 is 9.15 Å². The van der Waals surface area contributed by atoms with Gasteiger partial charge >= 0.3 is 0 Å². The standard InChI is InChI=1S/C12H16N2O2S/c1-9(7-15-2)13-6-10-8-16-12(14-10)11-4-3-5-17-11/h3-5,8-9,13H,6-7H2,1-2H3. The van der Waals surface area contributed by atoms with Crippen LogP contribution in [0, 0.1) is 0 Å². The summed E-state index contributed by atoms with van der Waals surface area (Å²) in [5, 5.41) is 5.33. The van der Waals surface area contributed by atoms with Crippen LogP contribution in [0.5, 0.6) is 0 Å². The summed E-state index contributed by atoms with van der Waals surface area (Å²) in [4.78, 5) is 5.48. The zero-order chi connectivity index (χ0) is 12.1. The fraction of sp³-hybridized carbons (Fsp3) is 0.417. The number of hydrogen-bond donors (Lipinski definition) is 1. The molecule has 0 spiro atoms. The molecule has 5 heteroatoms. The molecule has 1 atom stereocenters. The average molecular weight is 252 g/mol. The fourth-order valence-corrected chi connectivity index (χ4v) is 2.14. The van der Waals surface area contributed by atoms with Gasteiger partial charge in [-0.25, -0.2) is 4.98 Å². The van der Waals surface area contributed by atoms with Gasteiger partial charge in [0.1, 0.15) is 6.26 Å². The van der Waals surface area contributed by atoms with Crippen molar-refractivity contribution in [1.29, 1.82) is 0 Å².